The fourth-order valence-corrected chi connectivity index (χ4v) is 3.37. The van der Waals surface area contributed by atoms with Gasteiger partial charge in [-0.15, -0.1) is 0 Å². The lowest BCUT2D eigenvalue weighted by atomic mass is 9.94. The van der Waals surface area contributed by atoms with Crippen molar-refractivity contribution in [3.05, 3.63) is 48.5 Å². The quantitative estimate of drug-likeness (QED) is 0.612. The monoisotopic (exact) mass is 353 g/mol. The summed E-state index contributed by atoms with van der Waals surface area (Å²) in [6.45, 7) is 3.57. The Morgan fingerprint density at radius 1 is 1.08 bits per heavy atom. The van der Waals surface area contributed by atoms with E-state index in [0.717, 1.165) is 21.8 Å². The van der Waals surface area contributed by atoms with E-state index in [4.69, 9.17) is 4.74 Å². The van der Waals surface area contributed by atoms with Crippen molar-refractivity contribution >= 4 is 33.7 Å². The van der Waals surface area contributed by atoms with Crippen molar-refractivity contribution in [3.8, 4) is 0 Å². The highest BCUT2D eigenvalue weighted by Gasteiger charge is 2.20. The number of carboxylic acid groups (broad SMARTS) is 1. The average Bonchev–Trinajstić information content (AvgIpc) is 2.97. The standard InChI is InChI=1S/C21H23NO4/c1-3-15(20(23)24)12-14(2)21(25)26-13-22-18-10-6-4-8-16(18)17-9-5-7-11-19(17)22/h4-11,14-15H,3,12-13H2,1-2H3,(H,23,24). The van der Waals surface area contributed by atoms with Gasteiger partial charge in [-0.25, -0.2) is 0 Å². The fourth-order valence-electron chi connectivity index (χ4n) is 3.37. The molecule has 2 unspecified atom stereocenters. The summed E-state index contributed by atoms with van der Waals surface area (Å²) < 4.78 is 7.46. The molecule has 5 nitrogen and oxygen atoms in total. The van der Waals surface area contributed by atoms with Crippen LogP contribution in [0.2, 0.25) is 0 Å². The summed E-state index contributed by atoms with van der Waals surface area (Å²) in [6, 6.07) is 16.0. The summed E-state index contributed by atoms with van der Waals surface area (Å²) in [5.41, 5.74) is 1.99. The summed E-state index contributed by atoms with van der Waals surface area (Å²) >= 11 is 0. The number of carbonyl (C=O) groups excluding carboxylic acids is 2. The van der Waals surface area contributed by atoms with E-state index in [1.54, 1.807) is 13.8 Å². The minimum atomic E-state index is -1.12. The van der Waals surface area contributed by atoms with Gasteiger partial charge in [-0.1, -0.05) is 50.2 Å². The van der Waals surface area contributed by atoms with Gasteiger partial charge in [-0.3, -0.25) is 4.79 Å². The number of carboxylic acids is 1. The van der Waals surface area contributed by atoms with Gasteiger partial charge >= 0.3 is 7.40 Å². The topological polar surface area (TPSA) is 71.4 Å². The lowest BCUT2D eigenvalue weighted by molar-refractivity contribution is -0.312. The molecule has 2 aromatic carbocycles. The number of aliphatic carboxylic acids is 1. The Morgan fingerprint density at radius 2 is 1.62 bits per heavy atom. The van der Waals surface area contributed by atoms with Gasteiger partial charge in [-0.2, -0.15) is 0 Å². The summed E-state index contributed by atoms with van der Waals surface area (Å²) in [6.07, 6.45) is 0.664. The second kappa shape index (κ2) is 7.60. The Kier molecular flexibility index (Phi) is 5.26. The predicted molar refractivity (Wildman–Crippen MR) is 99.2 cm³/mol. The summed E-state index contributed by atoms with van der Waals surface area (Å²) in [4.78, 5) is 23.4. The smallest absolute Gasteiger partial charge is 0.550 e. The van der Waals surface area contributed by atoms with E-state index in [2.05, 4.69) is 0 Å². The number of fused-ring (bicyclic) bond motifs is 3. The van der Waals surface area contributed by atoms with E-state index in [9.17, 15) is 14.7 Å². The maximum atomic E-state index is 12.3. The maximum absolute atomic E-state index is 12.3. The average molecular weight is 353 g/mol. The van der Waals surface area contributed by atoms with Crippen molar-refractivity contribution < 1.29 is 20.9 Å². The van der Waals surface area contributed by atoms with E-state index in [1.807, 2.05) is 53.1 Å². The zero-order valence-electron chi connectivity index (χ0n) is 16.0. The highest BCUT2D eigenvalue weighted by Crippen LogP contribution is 2.28. The van der Waals surface area contributed by atoms with Gasteiger partial charge in [0.05, 0.1) is 17.0 Å². The number of benzene rings is 2. The van der Waals surface area contributed by atoms with Gasteiger partial charge < -0.3 is 19.2 Å². The molecule has 0 aliphatic rings. The number of ether oxygens (including phenoxy) is 1. The van der Waals surface area contributed by atoms with Crippen LogP contribution in [0.1, 0.15) is 28.1 Å². The second-order valence-electron chi connectivity index (χ2n) is 6.62. The summed E-state index contributed by atoms with van der Waals surface area (Å²) in [5.74, 6) is -2.64. The molecular formula is C21H23NO4. The largest absolute Gasteiger partial charge is 1.00 e. The molecule has 0 aliphatic heterocycles. The van der Waals surface area contributed by atoms with E-state index in [0.29, 0.717) is 6.42 Å². The fraction of sp³-hybridized carbons (Fsp3) is 0.333. The third-order valence-electron chi connectivity index (χ3n) is 4.88. The number of carbonyl (C=O) groups is 2. The molecule has 5 heteroatoms. The highest BCUT2D eigenvalue weighted by molar-refractivity contribution is 6.07. The van der Waals surface area contributed by atoms with Crippen molar-refractivity contribution in [1.29, 1.82) is 0 Å². The summed E-state index contributed by atoms with van der Waals surface area (Å²) in [5, 5.41) is 13.3. The van der Waals surface area contributed by atoms with Gasteiger partial charge in [-0.05, 0) is 30.9 Å². The molecule has 0 amide bonds. The van der Waals surface area contributed by atoms with E-state index >= 15 is 0 Å². The molecule has 2 atom stereocenters. The van der Waals surface area contributed by atoms with Crippen molar-refractivity contribution in [2.75, 3.05) is 0 Å². The molecule has 0 saturated carbocycles. The zero-order valence-corrected chi connectivity index (χ0v) is 15.0. The van der Waals surface area contributed by atoms with Crippen molar-refractivity contribution in [1.82, 2.24) is 4.57 Å². The first-order chi connectivity index (χ1) is 12.5. The lowest BCUT2D eigenvalue weighted by Crippen LogP contribution is -2.33. The number of nitrogens with zero attached hydrogens (tertiary/aromatic N) is 1. The van der Waals surface area contributed by atoms with Gasteiger partial charge in [0.25, 0.3) is 0 Å². The molecule has 0 spiro atoms. The van der Waals surface area contributed by atoms with Crippen LogP contribution in [0, 0.1) is 11.8 Å². The first kappa shape index (κ1) is 18.0. The van der Waals surface area contributed by atoms with Crippen LogP contribution in [0.4, 0.5) is 0 Å². The molecule has 0 radical (unpaired) electrons. The molecule has 1 aromatic heterocycles. The van der Waals surface area contributed by atoms with Crippen LogP contribution in [0.15, 0.2) is 48.5 Å². The Labute approximate surface area is 153 Å². The molecule has 0 saturated heterocycles. The predicted octanol–water partition coefficient (Wildman–Crippen LogP) is 3.21. The molecule has 0 N–H and O–H groups in total. The first-order valence-corrected chi connectivity index (χ1v) is 8.86. The third-order valence-corrected chi connectivity index (χ3v) is 4.88. The van der Waals surface area contributed by atoms with Crippen LogP contribution in [-0.4, -0.2) is 16.5 Å². The molecular weight excluding hydrogens is 330 g/mol. The number of hydrogen-bond donors (Lipinski definition) is 0. The number of aromatic nitrogens is 1. The highest BCUT2D eigenvalue weighted by atomic mass is 16.5. The first-order valence-electron chi connectivity index (χ1n) is 8.86. The van der Waals surface area contributed by atoms with Gasteiger partial charge in [0.1, 0.15) is 0 Å². The minimum absolute atomic E-state index is 0. The Balaban J connectivity index is 0.00000261. The normalized spacial score (nSPS) is 13.6. The van der Waals surface area contributed by atoms with Crippen molar-refractivity contribution in [3.63, 3.8) is 0 Å². The molecule has 0 aliphatic carbocycles. The molecule has 3 aromatic rings. The number of para-hydroxylation sites is 2. The molecule has 136 valence electrons. The van der Waals surface area contributed by atoms with Crippen LogP contribution in [0.3, 0.4) is 0 Å². The van der Waals surface area contributed by atoms with Gasteiger partial charge in [0.15, 0.2) is 6.73 Å². The Bertz CT molecular complexity index is 896. The van der Waals surface area contributed by atoms with Crippen LogP contribution in [0.25, 0.3) is 21.8 Å². The van der Waals surface area contributed by atoms with Crippen LogP contribution >= 0.6 is 0 Å². The van der Waals surface area contributed by atoms with Gasteiger partial charge in [0.2, 0.25) is 0 Å². The van der Waals surface area contributed by atoms with Crippen LogP contribution in [-0.2, 0) is 21.1 Å². The van der Waals surface area contributed by atoms with Crippen LogP contribution < -0.4 is 5.11 Å². The van der Waals surface area contributed by atoms with E-state index < -0.39 is 23.8 Å². The minimum Gasteiger partial charge on any atom is -0.550 e. The molecule has 1 heterocycles. The zero-order chi connectivity index (χ0) is 18.7. The SMILES string of the molecule is CCC(CC(C)C(=O)OCn1c2ccccc2c2ccccc21)C(=O)[O-].[H+]. The van der Waals surface area contributed by atoms with Crippen molar-refractivity contribution in [2.24, 2.45) is 11.8 Å². The number of esters is 1. The Hall–Kier alpha value is -2.82. The van der Waals surface area contributed by atoms with Crippen molar-refractivity contribution in [2.45, 2.75) is 33.4 Å². The third kappa shape index (κ3) is 3.43. The maximum Gasteiger partial charge on any atom is 1.00 e. The van der Waals surface area contributed by atoms with Crippen LogP contribution in [0.5, 0.6) is 0 Å². The molecule has 26 heavy (non-hydrogen) atoms. The molecule has 0 bridgehead atoms. The molecule has 0 fully saturated rings. The summed E-state index contributed by atoms with van der Waals surface area (Å²) in [7, 11) is 0. The van der Waals surface area contributed by atoms with E-state index in [-0.39, 0.29) is 14.6 Å². The number of hydrogen-bond acceptors (Lipinski definition) is 4. The number of rotatable bonds is 7. The van der Waals surface area contributed by atoms with Gasteiger partial charge in [0, 0.05) is 16.7 Å². The van der Waals surface area contributed by atoms with E-state index in [1.165, 1.54) is 0 Å². The second-order valence-corrected chi connectivity index (χ2v) is 6.62. The Morgan fingerprint density at radius 3 is 2.12 bits per heavy atom. The molecule has 3 rings (SSSR count). The lowest BCUT2D eigenvalue weighted by Gasteiger charge is -2.20.